The predicted molar refractivity (Wildman–Crippen MR) is 115 cm³/mol. The fourth-order valence-corrected chi connectivity index (χ4v) is 5.30. The molecule has 1 amide bonds. The molecule has 0 saturated carbocycles. The Balaban J connectivity index is 1.63. The second-order valence-corrected chi connectivity index (χ2v) is 9.31. The molecule has 1 fully saturated rings. The normalized spacial score (nSPS) is 15.7. The number of hydrogen-bond acceptors (Lipinski definition) is 4. The van der Waals surface area contributed by atoms with E-state index in [2.05, 4.69) is 5.32 Å². The van der Waals surface area contributed by atoms with E-state index in [1.54, 1.807) is 0 Å². The van der Waals surface area contributed by atoms with Crippen molar-refractivity contribution in [2.45, 2.75) is 31.6 Å². The van der Waals surface area contributed by atoms with Crippen LogP contribution in [0.2, 0.25) is 0 Å². The van der Waals surface area contributed by atoms with Crippen LogP contribution in [-0.4, -0.2) is 56.3 Å². The lowest BCUT2D eigenvalue weighted by molar-refractivity contribution is -0.117. The summed E-state index contributed by atoms with van der Waals surface area (Å²) in [5, 5.41) is 3.00. The number of carbonyl (C=O) groups excluding carboxylic acids is 1. The topological polar surface area (TPSA) is 69.7 Å². The number of sulfonamides is 1. The molecule has 0 spiro atoms. The second kappa shape index (κ2) is 9.84. The molecule has 0 aromatic heterocycles. The molecule has 3 rings (SSSR count). The van der Waals surface area contributed by atoms with Crippen LogP contribution in [0.25, 0.3) is 0 Å². The van der Waals surface area contributed by atoms with E-state index in [4.69, 9.17) is 0 Å². The number of amides is 1. The minimum absolute atomic E-state index is 0.0507. The highest BCUT2D eigenvalue weighted by Gasteiger charge is 2.33. The van der Waals surface area contributed by atoms with Gasteiger partial charge in [-0.25, -0.2) is 17.2 Å². The molecule has 0 bridgehead atoms. The van der Waals surface area contributed by atoms with Crippen LogP contribution in [0.3, 0.4) is 0 Å². The molecule has 1 aliphatic heterocycles. The van der Waals surface area contributed by atoms with Crippen LogP contribution in [0.4, 0.5) is 14.5 Å². The smallest absolute Gasteiger partial charge is 0.249 e. The summed E-state index contributed by atoms with van der Waals surface area (Å²) in [7, 11) is -4.29. The summed E-state index contributed by atoms with van der Waals surface area (Å²) in [6.45, 7) is 4.86. The molecule has 1 saturated heterocycles. The Kier molecular flexibility index (Phi) is 7.40. The van der Waals surface area contributed by atoms with Crippen molar-refractivity contribution >= 4 is 21.6 Å². The summed E-state index contributed by atoms with van der Waals surface area (Å²) in [6, 6.07) is 8.93. The third-order valence-electron chi connectivity index (χ3n) is 5.48. The Morgan fingerprint density at radius 1 is 0.935 bits per heavy atom. The van der Waals surface area contributed by atoms with Crippen LogP contribution in [0.5, 0.6) is 0 Å². The number of rotatable bonds is 7. The van der Waals surface area contributed by atoms with Crippen molar-refractivity contribution in [2.75, 3.05) is 38.0 Å². The average Bonchev–Trinajstić information content (AvgIpc) is 2.74. The van der Waals surface area contributed by atoms with E-state index in [0.29, 0.717) is 13.1 Å². The quantitative estimate of drug-likeness (QED) is 0.703. The van der Waals surface area contributed by atoms with Crippen LogP contribution < -0.4 is 5.32 Å². The Morgan fingerprint density at radius 3 is 1.97 bits per heavy atom. The van der Waals surface area contributed by atoms with Crippen molar-refractivity contribution in [3.63, 3.8) is 0 Å². The van der Waals surface area contributed by atoms with E-state index in [1.807, 2.05) is 36.9 Å². The van der Waals surface area contributed by atoms with Crippen molar-refractivity contribution in [3.8, 4) is 0 Å². The molecule has 31 heavy (non-hydrogen) atoms. The highest BCUT2D eigenvalue weighted by Crippen LogP contribution is 2.24. The zero-order valence-electron chi connectivity index (χ0n) is 17.7. The highest BCUT2D eigenvalue weighted by molar-refractivity contribution is 7.89. The number of halogens is 2. The largest absolute Gasteiger partial charge is 0.324 e. The van der Waals surface area contributed by atoms with Gasteiger partial charge in [0.2, 0.25) is 15.9 Å². The number of nitrogens with zero attached hydrogens (tertiary/aromatic N) is 2. The molecular weight excluding hydrogens is 424 g/mol. The molecule has 1 N–H and O–H groups in total. The van der Waals surface area contributed by atoms with E-state index >= 15 is 0 Å². The fraction of sp³-hybridized carbons (Fsp3) is 0.409. The van der Waals surface area contributed by atoms with Crippen LogP contribution in [-0.2, 0) is 27.7 Å². The fourth-order valence-electron chi connectivity index (χ4n) is 3.77. The van der Waals surface area contributed by atoms with Gasteiger partial charge in [0.15, 0.2) is 4.90 Å². The zero-order chi connectivity index (χ0) is 22.6. The number of aryl methyl sites for hydroxylation is 2. The van der Waals surface area contributed by atoms with Gasteiger partial charge in [0.25, 0.3) is 0 Å². The van der Waals surface area contributed by atoms with Gasteiger partial charge in [-0.15, -0.1) is 0 Å². The first-order valence-electron chi connectivity index (χ1n) is 10.3. The van der Waals surface area contributed by atoms with Crippen molar-refractivity contribution in [2.24, 2.45) is 0 Å². The molecular formula is C22H27F2N3O3S. The lowest BCUT2D eigenvalue weighted by atomic mass is 10.0. The number of para-hydroxylation sites is 1. The summed E-state index contributed by atoms with van der Waals surface area (Å²) >= 11 is 0. The molecule has 0 radical (unpaired) electrons. The Labute approximate surface area is 181 Å². The van der Waals surface area contributed by atoms with Gasteiger partial charge in [-0.1, -0.05) is 38.1 Å². The van der Waals surface area contributed by atoms with E-state index in [0.717, 1.165) is 52.2 Å². The van der Waals surface area contributed by atoms with Crippen LogP contribution in [0.1, 0.15) is 25.0 Å². The maximum absolute atomic E-state index is 14.0. The monoisotopic (exact) mass is 451 g/mol. The van der Waals surface area contributed by atoms with E-state index < -0.39 is 26.6 Å². The van der Waals surface area contributed by atoms with Crippen LogP contribution in [0.15, 0.2) is 41.3 Å². The van der Waals surface area contributed by atoms with E-state index in [-0.39, 0.29) is 25.5 Å². The van der Waals surface area contributed by atoms with Gasteiger partial charge >= 0.3 is 0 Å². The van der Waals surface area contributed by atoms with E-state index in [1.165, 1.54) is 0 Å². The van der Waals surface area contributed by atoms with Gasteiger partial charge in [0.05, 0.1) is 6.54 Å². The summed E-state index contributed by atoms with van der Waals surface area (Å²) in [5.74, 6) is -2.39. The average molecular weight is 452 g/mol. The lowest BCUT2D eigenvalue weighted by Gasteiger charge is -2.33. The van der Waals surface area contributed by atoms with Crippen LogP contribution in [0, 0.1) is 11.6 Å². The molecule has 168 valence electrons. The standard InChI is InChI=1S/C22H27F2N3O3S/c1-3-16-7-5-8-17(4-2)21(16)25-20(28)15-26-11-13-27(14-12-26)31(29,30)22-18(23)9-6-10-19(22)24/h5-10H,3-4,11-15H2,1-2H3,(H,25,28). The SMILES string of the molecule is CCc1cccc(CC)c1NC(=O)CN1CCN(S(=O)(=O)c2c(F)cccc2F)CC1. The van der Waals surface area contributed by atoms with Gasteiger partial charge in [0, 0.05) is 31.9 Å². The molecule has 0 unspecified atom stereocenters. The first kappa shape index (κ1) is 23.3. The van der Waals surface area contributed by atoms with Crippen molar-refractivity contribution in [1.29, 1.82) is 0 Å². The van der Waals surface area contributed by atoms with Crippen LogP contribution >= 0.6 is 0 Å². The second-order valence-electron chi connectivity index (χ2n) is 7.44. The number of carbonyl (C=O) groups is 1. The predicted octanol–water partition coefficient (Wildman–Crippen LogP) is 3.03. The molecule has 0 atom stereocenters. The lowest BCUT2D eigenvalue weighted by Crippen LogP contribution is -2.50. The Morgan fingerprint density at radius 2 is 1.45 bits per heavy atom. The number of piperazine rings is 1. The molecule has 1 heterocycles. The van der Waals surface area contributed by atoms with Gasteiger partial charge in [-0.2, -0.15) is 4.31 Å². The van der Waals surface area contributed by atoms with Crippen molar-refractivity contribution in [1.82, 2.24) is 9.21 Å². The number of anilines is 1. The maximum Gasteiger partial charge on any atom is 0.249 e. The summed E-state index contributed by atoms with van der Waals surface area (Å²) < 4.78 is 54.4. The molecule has 2 aromatic carbocycles. The highest BCUT2D eigenvalue weighted by atomic mass is 32.2. The summed E-state index contributed by atoms with van der Waals surface area (Å²) in [5.41, 5.74) is 2.97. The molecule has 9 heteroatoms. The minimum Gasteiger partial charge on any atom is -0.324 e. The molecule has 1 aliphatic rings. The Bertz CT molecular complexity index is 1010. The Hall–Kier alpha value is -2.36. The third-order valence-corrected chi connectivity index (χ3v) is 7.43. The van der Waals surface area contributed by atoms with E-state index in [9.17, 15) is 22.0 Å². The molecule has 6 nitrogen and oxygen atoms in total. The third kappa shape index (κ3) is 5.11. The summed E-state index contributed by atoms with van der Waals surface area (Å²) in [6.07, 6.45) is 1.60. The number of nitrogens with one attached hydrogen (secondary N) is 1. The van der Waals surface area contributed by atoms with Gasteiger partial charge < -0.3 is 5.32 Å². The van der Waals surface area contributed by atoms with Crippen molar-refractivity contribution < 1.29 is 22.0 Å². The van der Waals surface area contributed by atoms with Gasteiger partial charge in [-0.05, 0) is 36.1 Å². The zero-order valence-corrected chi connectivity index (χ0v) is 18.5. The van der Waals surface area contributed by atoms with Crippen molar-refractivity contribution in [3.05, 3.63) is 59.2 Å². The number of benzene rings is 2. The van der Waals surface area contributed by atoms with Gasteiger partial charge in [-0.3, -0.25) is 9.69 Å². The number of hydrogen-bond donors (Lipinski definition) is 1. The maximum atomic E-state index is 14.0. The molecule has 2 aromatic rings. The first-order chi connectivity index (χ1) is 14.8. The first-order valence-corrected chi connectivity index (χ1v) is 11.8. The molecule has 0 aliphatic carbocycles. The minimum atomic E-state index is -4.29. The summed E-state index contributed by atoms with van der Waals surface area (Å²) in [4.78, 5) is 13.5. The van der Waals surface area contributed by atoms with Gasteiger partial charge in [0.1, 0.15) is 11.6 Å².